The molecular weight excluding hydrogens is 246 g/mol. The summed E-state index contributed by atoms with van der Waals surface area (Å²) in [6, 6.07) is 0. The molecule has 0 bridgehead atoms. The summed E-state index contributed by atoms with van der Waals surface area (Å²) in [6.07, 6.45) is 3.12. The standard InChI is InChI=1S/C13H21N3O3/c1-4-16-8-11(7-15-16)12(18)13(19)14-6-9(2)5-10(3)17/h7-10,17H,4-6H2,1-3H3,(H,14,19). The summed E-state index contributed by atoms with van der Waals surface area (Å²) in [5, 5.41) is 15.7. The molecule has 0 aromatic carbocycles. The van der Waals surface area contributed by atoms with Gasteiger partial charge in [-0.15, -0.1) is 0 Å². The zero-order valence-electron chi connectivity index (χ0n) is 11.6. The number of hydrogen-bond acceptors (Lipinski definition) is 4. The van der Waals surface area contributed by atoms with Gasteiger partial charge in [-0.05, 0) is 26.2 Å². The molecule has 6 nitrogen and oxygen atoms in total. The maximum atomic E-state index is 11.8. The van der Waals surface area contributed by atoms with E-state index in [1.165, 1.54) is 6.20 Å². The lowest BCUT2D eigenvalue weighted by Crippen LogP contribution is -2.34. The molecule has 19 heavy (non-hydrogen) atoms. The number of ketones is 1. The Morgan fingerprint density at radius 3 is 2.68 bits per heavy atom. The van der Waals surface area contributed by atoms with Gasteiger partial charge < -0.3 is 10.4 Å². The fraction of sp³-hybridized carbons (Fsp3) is 0.615. The number of aromatic nitrogens is 2. The molecule has 2 N–H and O–H groups in total. The van der Waals surface area contributed by atoms with E-state index in [4.69, 9.17) is 0 Å². The third-order valence-corrected chi connectivity index (χ3v) is 2.78. The SMILES string of the molecule is CCn1cc(C(=O)C(=O)NCC(C)CC(C)O)cn1. The van der Waals surface area contributed by atoms with Crippen LogP contribution in [0.5, 0.6) is 0 Å². The molecule has 0 fully saturated rings. The van der Waals surface area contributed by atoms with Crippen LogP contribution in [0.4, 0.5) is 0 Å². The van der Waals surface area contributed by atoms with Crippen molar-refractivity contribution in [3.8, 4) is 0 Å². The molecule has 1 amide bonds. The van der Waals surface area contributed by atoms with Crippen LogP contribution in [0, 0.1) is 5.92 Å². The predicted molar refractivity (Wildman–Crippen MR) is 70.7 cm³/mol. The molecule has 0 aliphatic heterocycles. The number of carbonyl (C=O) groups is 2. The minimum Gasteiger partial charge on any atom is -0.393 e. The van der Waals surface area contributed by atoms with Gasteiger partial charge in [0.05, 0.1) is 17.9 Å². The number of hydrogen-bond donors (Lipinski definition) is 2. The number of nitrogens with zero attached hydrogens (tertiary/aromatic N) is 2. The van der Waals surface area contributed by atoms with E-state index in [0.29, 0.717) is 25.1 Å². The second-order valence-electron chi connectivity index (χ2n) is 4.81. The minimum absolute atomic E-state index is 0.120. The van der Waals surface area contributed by atoms with Crippen molar-refractivity contribution in [3.63, 3.8) is 0 Å². The molecule has 1 aromatic heterocycles. The molecule has 2 unspecified atom stereocenters. The lowest BCUT2D eigenvalue weighted by molar-refractivity contribution is -0.117. The highest BCUT2D eigenvalue weighted by atomic mass is 16.3. The molecule has 106 valence electrons. The van der Waals surface area contributed by atoms with Gasteiger partial charge in [0.25, 0.3) is 11.7 Å². The summed E-state index contributed by atoms with van der Waals surface area (Å²) >= 11 is 0. The predicted octanol–water partition coefficient (Wildman–Crippen LogP) is 0.609. The molecule has 0 aliphatic carbocycles. The van der Waals surface area contributed by atoms with Crippen LogP contribution in [0.25, 0.3) is 0 Å². The first-order chi connectivity index (χ1) is 8.93. The van der Waals surface area contributed by atoms with Crippen molar-refractivity contribution in [3.05, 3.63) is 18.0 Å². The molecule has 0 aliphatic rings. The lowest BCUT2D eigenvalue weighted by Gasteiger charge is -2.13. The third kappa shape index (κ3) is 4.82. The lowest BCUT2D eigenvalue weighted by atomic mass is 10.0. The normalized spacial score (nSPS) is 13.9. The number of aryl methyl sites for hydroxylation is 1. The minimum atomic E-state index is -0.631. The fourth-order valence-corrected chi connectivity index (χ4v) is 1.80. The van der Waals surface area contributed by atoms with E-state index in [0.717, 1.165) is 0 Å². The Balaban J connectivity index is 2.47. The molecule has 1 aromatic rings. The van der Waals surface area contributed by atoms with Crippen molar-refractivity contribution in [2.24, 2.45) is 5.92 Å². The van der Waals surface area contributed by atoms with Gasteiger partial charge in [0, 0.05) is 19.3 Å². The van der Waals surface area contributed by atoms with Crippen molar-refractivity contribution in [2.45, 2.75) is 39.8 Å². The van der Waals surface area contributed by atoms with Gasteiger partial charge in [-0.2, -0.15) is 5.10 Å². The molecule has 0 saturated heterocycles. The summed E-state index contributed by atoms with van der Waals surface area (Å²) in [5.74, 6) is -1.09. The number of aliphatic hydroxyl groups is 1. The first-order valence-corrected chi connectivity index (χ1v) is 6.47. The zero-order valence-corrected chi connectivity index (χ0v) is 11.6. The van der Waals surface area contributed by atoms with Crippen LogP contribution in [0.15, 0.2) is 12.4 Å². The summed E-state index contributed by atoms with van der Waals surface area (Å²) in [7, 11) is 0. The molecular formula is C13H21N3O3. The van der Waals surface area contributed by atoms with Gasteiger partial charge in [0.2, 0.25) is 0 Å². The molecule has 0 saturated carbocycles. The van der Waals surface area contributed by atoms with E-state index in [1.807, 2.05) is 13.8 Å². The Morgan fingerprint density at radius 2 is 2.16 bits per heavy atom. The second-order valence-corrected chi connectivity index (χ2v) is 4.81. The van der Waals surface area contributed by atoms with Crippen LogP contribution in [0.2, 0.25) is 0 Å². The van der Waals surface area contributed by atoms with Crippen LogP contribution in [0.3, 0.4) is 0 Å². The molecule has 0 radical (unpaired) electrons. The number of aliphatic hydroxyl groups excluding tert-OH is 1. The average molecular weight is 267 g/mol. The van der Waals surface area contributed by atoms with E-state index in [-0.39, 0.29) is 5.92 Å². The van der Waals surface area contributed by atoms with Crippen LogP contribution in [-0.2, 0) is 11.3 Å². The monoisotopic (exact) mass is 267 g/mol. The summed E-state index contributed by atoms with van der Waals surface area (Å²) < 4.78 is 1.59. The average Bonchev–Trinajstić information content (AvgIpc) is 2.82. The van der Waals surface area contributed by atoms with Crippen molar-refractivity contribution < 1.29 is 14.7 Å². The van der Waals surface area contributed by atoms with Crippen molar-refractivity contribution in [1.29, 1.82) is 0 Å². The van der Waals surface area contributed by atoms with Crippen molar-refractivity contribution >= 4 is 11.7 Å². The van der Waals surface area contributed by atoms with E-state index < -0.39 is 17.8 Å². The van der Waals surface area contributed by atoms with E-state index >= 15 is 0 Å². The molecule has 1 heterocycles. The quantitative estimate of drug-likeness (QED) is 0.560. The Bertz CT molecular complexity index is 440. The maximum Gasteiger partial charge on any atom is 0.292 e. The number of nitrogens with one attached hydrogen (secondary N) is 1. The van der Waals surface area contributed by atoms with Crippen molar-refractivity contribution in [1.82, 2.24) is 15.1 Å². The molecule has 6 heteroatoms. The Labute approximate surface area is 112 Å². The summed E-state index contributed by atoms with van der Waals surface area (Å²) in [4.78, 5) is 23.5. The van der Waals surface area contributed by atoms with Gasteiger partial charge in [-0.25, -0.2) is 0 Å². The maximum absolute atomic E-state index is 11.8. The Kier molecular flexibility index (Phi) is 5.69. The van der Waals surface area contributed by atoms with Gasteiger partial charge in [-0.1, -0.05) is 6.92 Å². The summed E-state index contributed by atoms with van der Waals surface area (Å²) in [5.41, 5.74) is 0.294. The zero-order chi connectivity index (χ0) is 14.4. The fourth-order valence-electron chi connectivity index (χ4n) is 1.80. The van der Waals surface area contributed by atoms with E-state index in [1.54, 1.807) is 17.8 Å². The highest BCUT2D eigenvalue weighted by Gasteiger charge is 2.18. The topological polar surface area (TPSA) is 84.2 Å². The first kappa shape index (κ1) is 15.4. The third-order valence-electron chi connectivity index (χ3n) is 2.78. The number of rotatable bonds is 7. The van der Waals surface area contributed by atoms with Gasteiger partial charge >= 0.3 is 0 Å². The van der Waals surface area contributed by atoms with Crippen molar-refractivity contribution in [2.75, 3.05) is 6.54 Å². The van der Waals surface area contributed by atoms with Gasteiger partial charge in [0.15, 0.2) is 0 Å². The highest BCUT2D eigenvalue weighted by Crippen LogP contribution is 2.04. The Hall–Kier alpha value is -1.69. The largest absolute Gasteiger partial charge is 0.393 e. The van der Waals surface area contributed by atoms with Crippen LogP contribution >= 0.6 is 0 Å². The molecule has 2 atom stereocenters. The van der Waals surface area contributed by atoms with Gasteiger partial charge in [0.1, 0.15) is 0 Å². The van der Waals surface area contributed by atoms with Crippen LogP contribution in [-0.4, -0.2) is 39.2 Å². The summed E-state index contributed by atoms with van der Waals surface area (Å²) in [6.45, 7) is 6.53. The molecule has 0 spiro atoms. The number of carbonyl (C=O) groups excluding carboxylic acids is 2. The highest BCUT2D eigenvalue weighted by molar-refractivity contribution is 6.42. The van der Waals surface area contributed by atoms with E-state index in [9.17, 15) is 14.7 Å². The number of Topliss-reactive ketones (excluding diaryl/α,β-unsaturated/α-hetero) is 1. The van der Waals surface area contributed by atoms with Crippen LogP contribution in [0.1, 0.15) is 37.6 Å². The second kappa shape index (κ2) is 7.04. The van der Waals surface area contributed by atoms with Gasteiger partial charge in [-0.3, -0.25) is 14.3 Å². The number of amides is 1. The van der Waals surface area contributed by atoms with E-state index in [2.05, 4.69) is 10.4 Å². The smallest absolute Gasteiger partial charge is 0.292 e. The Morgan fingerprint density at radius 1 is 1.47 bits per heavy atom. The molecule has 1 rings (SSSR count). The first-order valence-electron chi connectivity index (χ1n) is 6.47. The van der Waals surface area contributed by atoms with Crippen LogP contribution < -0.4 is 5.32 Å².